The van der Waals surface area contributed by atoms with E-state index in [4.69, 9.17) is 0 Å². The van der Waals surface area contributed by atoms with Crippen molar-refractivity contribution in [2.45, 2.75) is 26.2 Å². The lowest BCUT2D eigenvalue weighted by Crippen LogP contribution is -2.26. The van der Waals surface area contributed by atoms with E-state index in [1.807, 2.05) is 6.07 Å². The normalized spacial score (nSPS) is 19.3. The molecule has 1 atom stereocenters. The van der Waals surface area contributed by atoms with Crippen molar-refractivity contribution in [2.75, 3.05) is 18.6 Å². The van der Waals surface area contributed by atoms with Gasteiger partial charge in [0, 0.05) is 24.7 Å². The summed E-state index contributed by atoms with van der Waals surface area (Å²) < 4.78 is 4.66. The first kappa shape index (κ1) is 12.6. The number of anilines is 1. The lowest BCUT2D eigenvalue weighted by atomic mass is 10.1. The van der Waals surface area contributed by atoms with Crippen LogP contribution in [-0.4, -0.2) is 35.7 Å². The van der Waals surface area contributed by atoms with Crippen molar-refractivity contribution in [3.05, 3.63) is 11.8 Å². The molecule has 1 fully saturated rings. The van der Waals surface area contributed by atoms with Gasteiger partial charge >= 0.3 is 5.97 Å². The minimum absolute atomic E-state index is 0.0834. The number of carbonyl (C=O) groups is 2. The number of hydrogen-bond acceptors (Lipinski definition) is 4. The molecule has 0 bridgehead atoms. The van der Waals surface area contributed by atoms with Crippen molar-refractivity contribution in [1.82, 2.24) is 10.2 Å². The summed E-state index contributed by atoms with van der Waals surface area (Å²) in [5.74, 6) is -0.209. The van der Waals surface area contributed by atoms with E-state index in [2.05, 4.69) is 21.9 Å². The molecule has 6 nitrogen and oxygen atoms in total. The number of nitrogens with one attached hydrogen (secondary N) is 1. The molecule has 1 aromatic heterocycles. The highest BCUT2D eigenvalue weighted by Gasteiger charge is 2.36. The van der Waals surface area contributed by atoms with Gasteiger partial charge in [0.25, 0.3) is 0 Å². The molecule has 1 unspecified atom stereocenters. The van der Waals surface area contributed by atoms with E-state index < -0.39 is 0 Å². The van der Waals surface area contributed by atoms with Crippen molar-refractivity contribution in [2.24, 2.45) is 5.92 Å². The Bertz CT molecular complexity index is 455. The number of carbonyl (C=O) groups excluding carboxylic acids is 2. The standard InChI is InChI=1S/C12H17N3O3/c1-3-4-9-6-10(14-13-9)15-7-8(5-11(15)16)12(17)18-2/h6,8H,3-5,7H2,1-2H3,(H,13,14). The van der Waals surface area contributed by atoms with Crippen molar-refractivity contribution in [3.8, 4) is 0 Å². The second kappa shape index (κ2) is 5.20. The molecule has 98 valence electrons. The van der Waals surface area contributed by atoms with Gasteiger partial charge in [-0.15, -0.1) is 0 Å². The fourth-order valence-electron chi connectivity index (χ4n) is 2.14. The van der Waals surface area contributed by atoms with E-state index in [0.29, 0.717) is 12.4 Å². The van der Waals surface area contributed by atoms with Crippen LogP contribution in [0.15, 0.2) is 6.07 Å². The maximum atomic E-state index is 11.8. The fraction of sp³-hybridized carbons (Fsp3) is 0.583. The molecule has 0 spiro atoms. The van der Waals surface area contributed by atoms with Gasteiger partial charge in [0.05, 0.1) is 13.0 Å². The Morgan fingerprint density at radius 3 is 3.11 bits per heavy atom. The number of aryl methyl sites for hydroxylation is 1. The van der Waals surface area contributed by atoms with E-state index in [-0.39, 0.29) is 24.2 Å². The number of aromatic amines is 1. The zero-order valence-electron chi connectivity index (χ0n) is 10.6. The molecule has 18 heavy (non-hydrogen) atoms. The average molecular weight is 251 g/mol. The zero-order valence-corrected chi connectivity index (χ0v) is 10.6. The lowest BCUT2D eigenvalue weighted by Gasteiger charge is -2.12. The number of hydrogen-bond donors (Lipinski definition) is 1. The molecule has 1 aliphatic rings. The van der Waals surface area contributed by atoms with Gasteiger partial charge in [0.1, 0.15) is 0 Å². The Balaban J connectivity index is 2.09. The molecule has 1 saturated heterocycles. The molecule has 1 amide bonds. The van der Waals surface area contributed by atoms with Gasteiger partial charge < -0.3 is 4.74 Å². The highest BCUT2D eigenvalue weighted by molar-refractivity contribution is 5.98. The fourth-order valence-corrected chi connectivity index (χ4v) is 2.14. The summed E-state index contributed by atoms with van der Waals surface area (Å²) in [6, 6.07) is 1.86. The molecular formula is C12H17N3O3. The minimum Gasteiger partial charge on any atom is -0.469 e. The number of nitrogens with zero attached hydrogens (tertiary/aromatic N) is 2. The summed E-state index contributed by atoms with van der Waals surface area (Å²) in [5.41, 5.74) is 1.00. The third-order valence-corrected chi connectivity index (χ3v) is 3.07. The summed E-state index contributed by atoms with van der Waals surface area (Å²) in [5, 5.41) is 7.02. The van der Waals surface area contributed by atoms with Gasteiger partial charge in [0.2, 0.25) is 5.91 Å². The number of esters is 1. The van der Waals surface area contributed by atoms with Crippen LogP contribution in [0.1, 0.15) is 25.5 Å². The van der Waals surface area contributed by atoms with Crippen LogP contribution in [0.4, 0.5) is 5.82 Å². The monoisotopic (exact) mass is 251 g/mol. The van der Waals surface area contributed by atoms with E-state index in [9.17, 15) is 9.59 Å². The Morgan fingerprint density at radius 2 is 2.44 bits per heavy atom. The van der Waals surface area contributed by atoms with Crippen molar-refractivity contribution in [1.29, 1.82) is 0 Å². The first-order valence-electron chi connectivity index (χ1n) is 6.08. The predicted octanol–water partition coefficient (Wildman–Crippen LogP) is 0.888. The van der Waals surface area contributed by atoms with Gasteiger partial charge in [-0.05, 0) is 6.42 Å². The SMILES string of the molecule is CCCc1cc(N2CC(C(=O)OC)CC2=O)n[nH]1. The maximum absolute atomic E-state index is 11.8. The molecule has 0 aliphatic carbocycles. The Labute approximate surface area is 105 Å². The van der Waals surface area contributed by atoms with Crippen molar-refractivity contribution < 1.29 is 14.3 Å². The number of H-pyrrole nitrogens is 1. The average Bonchev–Trinajstić information content (AvgIpc) is 2.95. The van der Waals surface area contributed by atoms with E-state index in [1.165, 1.54) is 12.0 Å². The number of methoxy groups -OCH3 is 1. The van der Waals surface area contributed by atoms with Gasteiger partial charge in [-0.3, -0.25) is 19.6 Å². The summed E-state index contributed by atoms with van der Waals surface area (Å²) in [6.07, 6.45) is 2.11. The molecule has 0 radical (unpaired) electrons. The summed E-state index contributed by atoms with van der Waals surface area (Å²) in [6.45, 7) is 2.43. The van der Waals surface area contributed by atoms with Crippen LogP contribution in [-0.2, 0) is 20.7 Å². The van der Waals surface area contributed by atoms with Gasteiger partial charge in [0.15, 0.2) is 5.82 Å². The second-order valence-electron chi connectivity index (χ2n) is 4.43. The lowest BCUT2D eigenvalue weighted by molar-refractivity contribution is -0.145. The number of rotatable bonds is 4. The molecule has 2 rings (SSSR count). The van der Waals surface area contributed by atoms with Gasteiger partial charge in [-0.1, -0.05) is 13.3 Å². The predicted molar refractivity (Wildman–Crippen MR) is 65.1 cm³/mol. The maximum Gasteiger partial charge on any atom is 0.311 e. The van der Waals surface area contributed by atoms with Crippen LogP contribution in [0.2, 0.25) is 0 Å². The Hall–Kier alpha value is -1.85. The molecule has 6 heteroatoms. The molecule has 1 N–H and O–H groups in total. The van der Waals surface area contributed by atoms with Crippen LogP contribution in [0.3, 0.4) is 0 Å². The van der Waals surface area contributed by atoms with E-state index in [1.54, 1.807) is 0 Å². The number of amides is 1. The largest absolute Gasteiger partial charge is 0.469 e. The van der Waals surface area contributed by atoms with Crippen LogP contribution < -0.4 is 4.90 Å². The smallest absolute Gasteiger partial charge is 0.311 e. The molecule has 1 aromatic rings. The topological polar surface area (TPSA) is 75.3 Å². The Kier molecular flexibility index (Phi) is 3.64. The number of aromatic nitrogens is 2. The first-order chi connectivity index (χ1) is 8.65. The van der Waals surface area contributed by atoms with Crippen molar-refractivity contribution >= 4 is 17.7 Å². The molecule has 1 aliphatic heterocycles. The quantitative estimate of drug-likeness (QED) is 0.806. The third kappa shape index (κ3) is 2.37. The zero-order chi connectivity index (χ0) is 13.1. The van der Waals surface area contributed by atoms with E-state index in [0.717, 1.165) is 18.5 Å². The summed E-state index contributed by atoms with van der Waals surface area (Å²) in [7, 11) is 1.34. The summed E-state index contributed by atoms with van der Waals surface area (Å²) in [4.78, 5) is 24.8. The van der Waals surface area contributed by atoms with Crippen LogP contribution in [0.25, 0.3) is 0 Å². The molecule has 2 heterocycles. The van der Waals surface area contributed by atoms with Crippen LogP contribution in [0.5, 0.6) is 0 Å². The number of ether oxygens (including phenoxy) is 1. The first-order valence-corrected chi connectivity index (χ1v) is 6.08. The second-order valence-corrected chi connectivity index (χ2v) is 4.43. The highest BCUT2D eigenvalue weighted by atomic mass is 16.5. The molecule has 0 saturated carbocycles. The van der Waals surface area contributed by atoms with Gasteiger partial charge in [-0.25, -0.2) is 0 Å². The van der Waals surface area contributed by atoms with Gasteiger partial charge in [-0.2, -0.15) is 5.10 Å². The Morgan fingerprint density at radius 1 is 1.67 bits per heavy atom. The highest BCUT2D eigenvalue weighted by Crippen LogP contribution is 2.24. The third-order valence-electron chi connectivity index (χ3n) is 3.07. The molecule has 0 aromatic carbocycles. The van der Waals surface area contributed by atoms with Crippen LogP contribution in [0, 0.1) is 5.92 Å². The van der Waals surface area contributed by atoms with E-state index >= 15 is 0 Å². The summed E-state index contributed by atoms with van der Waals surface area (Å²) >= 11 is 0. The molecular weight excluding hydrogens is 234 g/mol. The van der Waals surface area contributed by atoms with Crippen LogP contribution >= 0.6 is 0 Å². The minimum atomic E-state index is -0.381. The van der Waals surface area contributed by atoms with Crippen molar-refractivity contribution in [3.63, 3.8) is 0 Å².